The standard InChI is InChI=1S/C15H18IN3O/c16-11-6-7-13-12(8-11)14(20)19-15(18-13)17-9-10-4-2-1-3-5-10/h6-8,10H,1-5,9H2,(H2,17,18,19,20). The summed E-state index contributed by atoms with van der Waals surface area (Å²) in [7, 11) is 0. The first-order chi connectivity index (χ1) is 9.72. The van der Waals surface area contributed by atoms with E-state index in [1.54, 1.807) is 0 Å². The van der Waals surface area contributed by atoms with Crippen molar-refractivity contribution in [1.29, 1.82) is 0 Å². The first kappa shape index (κ1) is 13.9. The van der Waals surface area contributed by atoms with Crippen LogP contribution in [0.2, 0.25) is 0 Å². The van der Waals surface area contributed by atoms with E-state index in [2.05, 4.69) is 37.9 Å². The quantitative estimate of drug-likeness (QED) is 0.798. The molecule has 0 atom stereocenters. The number of hydrogen-bond acceptors (Lipinski definition) is 3. The monoisotopic (exact) mass is 383 g/mol. The van der Waals surface area contributed by atoms with Crippen molar-refractivity contribution in [2.75, 3.05) is 11.9 Å². The minimum atomic E-state index is -0.0698. The second-order valence-corrected chi connectivity index (χ2v) is 6.71. The average molecular weight is 383 g/mol. The molecule has 2 aromatic rings. The summed E-state index contributed by atoms with van der Waals surface area (Å²) in [4.78, 5) is 19.4. The van der Waals surface area contributed by atoms with Crippen molar-refractivity contribution in [3.05, 3.63) is 32.1 Å². The fraction of sp³-hybridized carbons (Fsp3) is 0.467. The van der Waals surface area contributed by atoms with Crippen LogP contribution in [0, 0.1) is 9.49 Å². The topological polar surface area (TPSA) is 57.8 Å². The van der Waals surface area contributed by atoms with Gasteiger partial charge in [-0.25, -0.2) is 4.98 Å². The molecule has 5 heteroatoms. The van der Waals surface area contributed by atoms with Crippen molar-refractivity contribution in [1.82, 2.24) is 9.97 Å². The van der Waals surface area contributed by atoms with Crippen LogP contribution in [0.15, 0.2) is 23.0 Å². The average Bonchev–Trinajstić information content (AvgIpc) is 2.47. The second-order valence-electron chi connectivity index (χ2n) is 5.46. The molecule has 0 spiro atoms. The molecule has 1 fully saturated rings. The zero-order valence-corrected chi connectivity index (χ0v) is 13.4. The lowest BCUT2D eigenvalue weighted by atomic mass is 9.89. The van der Waals surface area contributed by atoms with Gasteiger partial charge in [0.15, 0.2) is 0 Å². The number of benzene rings is 1. The van der Waals surface area contributed by atoms with E-state index < -0.39 is 0 Å². The van der Waals surface area contributed by atoms with Crippen LogP contribution < -0.4 is 10.9 Å². The third-order valence-electron chi connectivity index (χ3n) is 3.95. The van der Waals surface area contributed by atoms with Gasteiger partial charge in [0.1, 0.15) is 0 Å². The fourth-order valence-electron chi connectivity index (χ4n) is 2.83. The molecular formula is C15H18IN3O. The molecule has 2 N–H and O–H groups in total. The minimum Gasteiger partial charge on any atom is -0.355 e. The minimum absolute atomic E-state index is 0.0698. The van der Waals surface area contributed by atoms with Gasteiger partial charge in [0.05, 0.1) is 10.9 Å². The third-order valence-corrected chi connectivity index (χ3v) is 4.62. The Morgan fingerprint density at radius 1 is 1.30 bits per heavy atom. The molecule has 1 aromatic carbocycles. The molecule has 0 radical (unpaired) electrons. The molecule has 1 aliphatic rings. The summed E-state index contributed by atoms with van der Waals surface area (Å²) in [6, 6.07) is 5.74. The Balaban J connectivity index is 1.78. The molecule has 4 nitrogen and oxygen atoms in total. The predicted molar refractivity (Wildman–Crippen MR) is 90.1 cm³/mol. The molecule has 106 valence electrons. The number of rotatable bonds is 3. The summed E-state index contributed by atoms with van der Waals surface area (Å²) < 4.78 is 1.05. The molecule has 1 saturated carbocycles. The van der Waals surface area contributed by atoms with E-state index in [0.29, 0.717) is 17.3 Å². The second kappa shape index (κ2) is 6.11. The lowest BCUT2D eigenvalue weighted by molar-refractivity contribution is 0.373. The van der Waals surface area contributed by atoms with E-state index >= 15 is 0 Å². The van der Waals surface area contributed by atoms with Gasteiger partial charge in [-0.3, -0.25) is 9.78 Å². The van der Waals surface area contributed by atoms with Crippen LogP contribution in [0.1, 0.15) is 32.1 Å². The fourth-order valence-corrected chi connectivity index (χ4v) is 3.32. The van der Waals surface area contributed by atoms with Crippen LogP contribution in [0.5, 0.6) is 0 Å². The maximum atomic E-state index is 12.1. The Morgan fingerprint density at radius 2 is 2.10 bits per heavy atom. The molecule has 1 aromatic heterocycles. The first-order valence-electron chi connectivity index (χ1n) is 7.16. The van der Waals surface area contributed by atoms with Gasteiger partial charge in [-0.2, -0.15) is 0 Å². The van der Waals surface area contributed by atoms with E-state index in [-0.39, 0.29) is 5.56 Å². The van der Waals surface area contributed by atoms with Crippen molar-refractivity contribution in [2.24, 2.45) is 5.92 Å². The Kier molecular flexibility index (Phi) is 4.24. The van der Waals surface area contributed by atoms with Gasteiger partial charge in [-0.1, -0.05) is 19.3 Å². The SMILES string of the molecule is O=c1[nH]c(NCC2CCCCC2)nc2ccc(I)cc12. The molecule has 0 amide bonds. The number of H-pyrrole nitrogens is 1. The highest BCUT2D eigenvalue weighted by atomic mass is 127. The molecule has 3 rings (SSSR count). The maximum absolute atomic E-state index is 12.1. The van der Waals surface area contributed by atoms with Crippen LogP contribution in [0.4, 0.5) is 5.95 Å². The van der Waals surface area contributed by atoms with Crippen LogP contribution >= 0.6 is 22.6 Å². The molecule has 0 bridgehead atoms. The smallest absolute Gasteiger partial charge is 0.260 e. The maximum Gasteiger partial charge on any atom is 0.260 e. The molecule has 0 saturated heterocycles. The van der Waals surface area contributed by atoms with Crippen LogP contribution in [0.25, 0.3) is 10.9 Å². The van der Waals surface area contributed by atoms with Crippen molar-refractivity contribution in [3.8, 4) is 0 Å². The highest BCUT2D eigenvalue weighted by molar-refractivity contribution is 14.1. The van der Waals surface area contributed by atoms with Gasteiger partial charge in [-0.15, -0.1) is 0 Å². The number of fused-ring (bicyclic) bond motifs is 1. The zero-order chi connectivity index (χ0) is 13.9. The number of nitrogens with one attached hydrogen (secondary N) is 2. The van der Waals surface area contributed by atoms with E-state index in [1.165, 1.54) is 32.1 Å². The highest BCUT2D eigenvalue weighted by Crippen LogP contribution is 2.23. The lowest BCUT2D eigenvalue weighted by Crippen LogP contribution is -2.20. The Labute approximate surface area is 131 Å². The van der Waals surface area contributed by atoms with Gasteiger partial charge < -0.3 is 5.32 Å². The lowest BCUT2D eigenvalue weighted by Gasteiger charge is -2.21. The van der Waals surface area contributed by atoms with Crippen molar-refractivity contribution >= 4 is 39.4 Å². The summed E-state index contributed by atoms with van der Waals surface area (Å²) in [5, 5.41) is 3.95. The Bertz CT molecular complexity index is 662. The Morgan fingerprint density at radius 3 is 2.90 bits per heavy atom. The van der Waals surface area contributed by atoms with Gasteiger partial charge in [-0.05, 0) is 59.5 Å². The van der Waals surface area contributed by atoms with Crippen LogP contribution in [-0.4, -0.2) is 16.5 Å². The van der Waals surface area contributed by atoms with Gasteiger partial charge >= 0.3 is 0 Å². The molecule has 0 aliphatic heterocycles. The third kappa shape index (κ3) is 3.13. The molecule has 20 heavy (non-hydrogen) atoms. The summed E-state index contributed by atoms with van der Waals surface area (Å²) >= 11 is 2.20. The number of aromatic amines is 1. The van der Waals surface area contributed by atoms with Crippen LogP contribution in [-0.2, 0) is 0 Å². The summed E-state index contributed by atoms with van der Waals surface area (Å²) in [5.41, 5.74) is 0.681. The molecule has 0 unspecified atom stereocenters. The van der Waals surface area contributed by atoms with Gasteiger partial charge in [0.2, 0.25) is 5.95 Å². The number of aromatic nitrogens is 2. The van der Waals surface area contributed by atoms with Gasteiger partial charge in [0.25, 0.3) is 5.56 Å². The number of anilines is 1. The number of halogens is 1. The molecular weight excluding hydrogens is 365 g/mol. The van der Waals surface area contributed by atoms with Gasteiger partial charge in [0, 0.05) is 10.1 Å². The van der Waals surface area contributed by atoms with Crippen molar-refractivity contribution < 1.29 is 0 Å². The van der Waals surface area contributed by atoms with Crippen molar-refractivity contribution in [3.63, 3.8) is 0 Å². The highest BCUT2D eigenvalue weighted by Gasteiger charge is 2.13. The summed E-state index contributed by atoms with van der Waals surface area (Å²) in [5.74, 6) is 1.30. The van der Waals surface area contributed by atoms with E-state index in [4.69, 9.17) is 0 Å². The normalized spacial score (nSPS) is 16.4. The van der Waals surface area contributed by atoms with E-state index in [9.17, 15) is 4.79 Å². The predicted octanol–water partition coefficient (Wildman–Crippen LogP) is 3.52. The molecule has 1 aliphatic carbocycles. The van der Waals surface area contributed by atoms with E-state index in [1.807, 2.05) is 18.2 Å². The number of hydrogen-bond donors (Lipinski definition) is 2. The first-order valence-corrected chi connectivity index (χ1v) is 8.24. The van der Waals surface area contributed by atoms with E-state index in [0.717, 1.165) is 15.6 Å². The largest absolute Gasteiger partial charge is 0.355 e. The molecule has 1 heterocycles. The summed E-state index contributed by atoms with van der Waals surface area (Å²) in [6.07, 6.45) is 6.57. The van der Waals surface area contributed by atoms with Crippen LogP contribution in [0.3, 0.4) is 0 Å². The summed E-state index contributed by atoms with van der Waals surface area (Å²) in [6.45, 7) is 0.902. The number of nitrogens with zero attached hydrogens (tertiary/aromatic N) is 1. The zero-order valence-electron chi connectivity index (χ0n) is 11.3. The van der Waals surface area contributed by atoms with Crippen molar-refractivity contribution in [2.45, 2.75) is 32.1 Å². The Hall–Kier alpha value is -1.11.